The van der Waals surface area contributed by atoms with Gasteiger partial charge in [0.1, 0.15) is 5.75 Å². The number of ether oxygens (including phenoxy) is 1. The highest BCUT2D eigenvalue weighted by Crippen LogP contribution is 2.32. The molecule has 1 heterocycles. The van der Waals surface area contributed by atoms with Crippen LogP contribution in [-0.2, 0) is 0 Å². The molecule has 19 heavy (non-hydrogen) atoms. The number of thiophene rings is 1. The summed E-state index contributed by atoms with van der Waals surface area (Å²) in [4.78, 5) is 0.754. The number of benzene rings is 1. The molecule has 0 amide bonds. The van der Waals surface area contributed by atoms with Crippen LogP contribution in [0.3, 0.4) is 0 Å². The van der Waals surface area contributed by atoms with E-state index in [9.17, 15) is 13.2 Å². The molecule has 0 aliphatic rings. The van der Waals surface area contributed by atoms with Crippen molar-refractivity contribution in [3.05, 3.63) is 51.5 Å². The Hall–Kier alpha value is -1.53. The Morgan fingerprint density at radius 2 is 1.95 bits per heavy atom. The number of halogens is 3. The van der Waals surface area contributed by atoms with Gasteiger partial charge in [0, 0.05) is 15.8 Å². The summed E-state index contributed by atoms with van der Waals surface area (Å²) >= 11 is 1.35. The normalized spacial score (nSPS) is 12.5. The van der Waals surface area contributed by atoms with Crippen LogP contribution < -0.4 is 10.1 Å². The van der Waals surface area contributed by atoms with Crippen LogP contribution in [0.25, 0.3) is 0 Å². The molecule has 2 aromatic rings. The van der Waals surface area contributed by atoms with Crippen molar-refractivity contribution in [3.8, 4) is 5.75 Å². The van der Waals surface area contributed by atoms with E-state index in [4.69, 9.17) is 4.74 Å². The van der Waals surface area contributed by atoms with Gasteiger partial charge in [-0.15, -0.1) is 11.3 Å². The smallest absolute Gasteiger partial charge is 0.194 e. The molecule has 1 unspecified atom stereocenters. The van der Waals surface area contributed by atoms with Gasteiger partial charge in [-0.2, -0.15) is 0 Å². The summed E-state index contributed by atoms with van der Waals surface area (Å²) in [7, 11) is 3.15. The maximum atomic E-state index is 13.8. The Bertz CT molecular complexity index is 585. The van der Waals surface area contributed by atoms with Gasteiger partial charge in [-0.25, -0.2) is 13.2 Å². The van der Waals surface area contributed by atoms with Gasteiger partial charge >= 0.3 is 0 Å². The average Bonchev–Trinajstić information content (AvgIpc) is 2.88. The van der Waals surface area contributed by atoms with Crippen LogP contribution in [0, 0.1) is 17.5 Å². The average molecular weight is 287 g/mol. The molecule has 1 atom stereocenters. The summed E-state index contributed by atoms with van der Waals surface area (Å²) in [5.74, 6) is -3.18. The van der Waals surface area contributed by atoms with E-state index in [2.05, 4.69) is 5.32 Å². The van der Waals surface area contributed by atoms with Gasteiger partial charge in [-0.3, -0.25) is 0 Å². The maximum absolute atomic E-state index is 13.8. The summed E-state index contributed by atoms with van der Waals surface area (Å²) in [6.07, 6.45) is 0. The number of hydrogen-bond acceptors (Lipinski definition) is 3. The predicted molar refractivity (Wildman–Crippen MR) is 68.1 cm³/mol. The number of nitrogens with one attached hydrogen (secondary N) is 1. The Kier molecular flexibility index (Phi) is 4.11. The highest BCUT2D eigenvalue weighted by Gasteiger charge is 2.22. The molecule has 0 fully saturated rings. The first-order valence-corrected chi connectivity index (χ1v) is 6.39. The Morgan fingerprint density at radius 3 is 2.53 bits per heavy atom. The van der Waals surface area contributed by atoms with E-state index in [1.807, 2.05) is 0 Å². The van der Waals surface area contributed by atoms with E-state index in [1.165, 1.54) is 24.5 Å². The Balaban J connectivity index is 2.45. The first kappa shape index (κ1) is 13.9. The predicted octanol–water partition coefficient (Wildman–Crippen LogP) is 3.48. The molecule has 0 saturated heterocycles. The van der Waals surface area contributed by atoms with E-state index < -0.39 is 23.5 Å². The fourth-order valence-corrected chi connectivity index (χ4v) is 2.79. The first-order chi connectivity index (χ1) is 9.08. The van der Waals surface area contributed by atoms with Gasteiger partial charge in [-0.1, -0.05) is 6.07 Å². The van der Waals surface area contributed by atoms with Crippen LogP contribution in [0.1, 0.15) is 16.5 Å². The zero-order valence-corrected chi connectivity index (χ0v) is 11.2. The SMILES string of the molecule is CNC(c1cc(OC)cs1)c1ccc(F)c(F)c1F. The van der Waals surface area contributed by atoms with Gasteiger partial charge in [0.2, 0.25) is 0 Å². The fraction of sp³-hybridized carbons (Fsp3) is 0.231. The molecule has 0 radical (unpaired) electrons. The molecular weight excluding hydrogens is 275 g/mol. The largest absolute Gasteiger partial charge is 0.496 e. The minimum absolute atomic E-state index is 0.0610. The van der Waals surface area contributed by atoms with E-state index in [0.717, 1.165) is 10.9 Å². The van der Waals surface area contributed by atoms with Gasteiger partial charge in [0.05, 0.1) is 13.2 Å². The van der Waals surface area contributed by atoms with Gasteiger partial charge in [0.15, 0.2) is 17.5 Å². The molecular formula is C13H12F3NOS. The van der Waals surface area contributed by atoms with E-state index in [0.29, 0.717) is 5.75 Å². The summed E-state index contributed by atoms with van der Waals surface area (Å²) in [6.45, 7) is 0. The zero-order chi connectivity index (χ0) is 14.0. The lowest BCUT2D eigenvalue weighted by atomic mass is 10.0. The van der Waals surface area contributed by atoms with Crippen molar-refractivity contribution in [1.82, 2.24) is 5.32 Å². The zero-order valence-electron chi connectivity index (χ0n) is 10.3. The third kappa shape index (κ3) is 2.59. The minimum Gasteiger partial charge on any atom is -0.496 e. The highest BCUT2D eigenvalue weighted by molar-refractivity contribution is 7.10. The van der Waals surface area contributed by atoms with E-state index in [1.54, 1.807) is 18.5 Å². The summed E-state index contributed by atoms with van der Waals surface area (Å²) in [5.41, 5.74) is 0.0610. The third-order valence-corrected chi connectivity index (χ3v) is 3.76. The molecule has 1 aromatic heterocycles. The number of methoxy groups -OCH3 is 1. The lowest BCUT2D eigenvalue weighted by Crippen LogP contribution is -2.18. The van der Waals surface area contributed by atoms with Crippen LogP contribution in [-0.4, -0.2) is 14.2 Å². The molecule has 0 bridgehead atoms. The monoisotopic (exact) mass is 287 g/mol. The second-order valence-corrected chi connectivity index (χ2v) is 4.82. The molecule has 1 N–H and O–H groups in total. The van der Waals surface area contributed by atoms with Crippen LogP contribution >= 0.6 is 11.3 Å². The van der Waals surface area contributed by atoms with E-state index >= 15 is 0 Å². The lowest BCUT2D eigenvalue weighted by molar-refractivity contribution is 0.416. The van der Waals surface area contributed by atoms with Crippen LogP contribution in [0.15, 0.2) is 23.6 Å². The second-order valence-electron chi connectivity index (χ2n) is 3.88. The molecule has 2 nitrogen and oxygen atoms in total. The highest BCUT2D eigenvalue weighted by atomic mass is 32.1. The molecule has 0 spiro atoms. The molecule has 0 saturated carbocycles. The molecule has 1 aromatic carbocycles. The first-order valence-electron chi connectivity index (χ1n) is 5.51. The topological polar surface area (TPSA) is 21.3 Å². The fourth-order valence-electron chi connectivity index (χ4n) is 1.81. The Morgan fingerprint density at radius 1 is 1.21 bits per heavy atom. The molecule has 6 heteroatoms. The van der Waals surface area contributed by atoms with Crippen molar-refractivity contribution >= 4 is 11.3 Å². The molecule has 0 aliphatic carbocycles. The van der Waals surface area contributed by atoms with Crippen molar-refractivity contribution in [2.45, 2.75) is 6.04 Å². The standard InChI is InChI=1S/C13H12F3NOS/c1-17-13(10-5-7(18-2)6-19-10)8-3-4-9(14)12(16)11(8)15/h3-6,13,17H,1-2H3. The lowest BCUT2D eigenvalue weighted by Gasteiger charge is -2.16. The molecule has 102 valence electrons. The van der Waals surface area contributed by atoms with Gasteiger partial charge < -0.3 is 10.1 Å². The summed E-state index contributed by atoms with van der Waals surface area (Å²) in [5, 5.41) is 4.65. The van der Waals surface area contributed by atoms with Gasteiger partial charge in [-0.05, 0) is 19.2 Å². The van der Waals surface area contributed by atoms with Crippen molar-refractivity contribution < 1.29 is 17.9 Å². The quantitative estimate of drug-likeness (QED) is 0.869. The van der Waals surface area contributed by atoms with Crippen molar-refractivity contribution in [2.75, 3.05) is 14.2 Å². The summed E-state index contributed by atoms with van der Waals surface area (Å²) in [6, 6.07) is 3.33. The minimum atomic E-state index is -1.46. The van der Waals surface area contributed by atoms with Crippen molar-refractivity contribution in [1.29, 1.82) is 0 Å². The van der Waals surface area contributed by atoms with Crippen molar-refractivity contribution in [3.63, 3.8) is 0 Å². The van der Waals surface area contributed by atoms with E-state index in [-0.39, 0.29) is 5.56 Å². The number of rotatable bonds is 4. The van der Waals surface area contributed by atoms with Crippen LogP contribution in [0.5, 0.6) is 5.75 Å². The van der Waals surface area contributed by atoms with Crippen molar-refractivity contribution in [2.24, 2.45) is 0 Å². The second kappa shape index (κ2) is 5.63. The number of hydrogen-bond donors (Lipinski definition) is 1. The third-order valence-electron chi connectivity index (χ3n) is 2.78. The molecule has 0 aliphatic heterocycles. The Labute approximate surface area is 112 Å². The maximum Gasteiger partial charge on any atom is 0.194 e. The summed E-state index contributed by atoms with van der Waals surface area (Å²) < 4.78 is 45.1. The van der Waals surface area contributed by atoms with Crippen LogP contribution in [0.2, 0.25) is 0 Å². The van der Waals surface area contributed by atoms with Gasteiger partial charge in [0.25, 0.3) is 0 Å². The van der Waals surface area contributed by atoms with Crippen LogP contribution in [0.4, 0.5) is 13.2 Å². The molecule has 2 rings (SSSR count).